The van der Waals surface area contributed by atoms with E-state index in [1.54, 1.807) is 43.4 Å². The van der Waals surface area contributed by atoms with E-state index in [-0.39, 0.29) is 23.7 Å². The summed E-state index contributed by atoms with van der Waals surface area (Å²) in [6.45, 7) is 3.63. The first kappa shape index (κ1) is 21.7. The van der Waals surface area contributed by atoms with E-state index in [1.807, 2.05) is 24.3 Å². The second-order valence-corrected chi connectivity index (χ2v) is 7.57. The van der Waals surface area contributed by atoms with E-state index in [9.17, 15) is 9.59 Å². The van der Waals surface area contributed by atoms with Crippen molar-refractivity contribution >= 4 is 11.8 Å². The third kappa shape index (κ3) is 4.93. The van der Waals surface area contributed by atoms with Gasteiger partial charge < -0.3 is 19.7 Å². The van der Waals surface area contributed by atoms with Crippen molar-refractivity contribution in [3.63, 3.8) is 0 Å². The smallest absolute Gasteiger partial charge is 0.253 e. The highest BCUT2D eigenvalue weighted by Crippen LogP contribution is 2.35. The Morgan fingerprint density at radius 2 is 1.77 bits per heavy atom. The Bertz CT molecular complexity index is 866. The van der Waals surface area contributed by atoms with E-state index in [4.69, 9.17) is 9.47 Å². The number of amides is 2. The van der Waals surface area contributed by atoms with Crippen molar-refractivity contribution in [3.05, 3.63) is 59.7 Å². The fourth-order valence-corrected chi connectivity index (χ4v) is 3.88. The molecule has 2 amide bonds. The zero-order valence-corrected chi connectivity index (χ0v) is 17.9. The number of carbonyl (C=O) groups is 2. The minimum absolute atomic E-state index is 0.00120. The van der Waals surface area contributed by atoms with Gasteiger partial charge in [-0.05, 0) is 48.4 Å². The Hall–Kier alpha value is -3.02. The topological polar surface area (TPSA) is 67.9 Å². The maximum atomic E-state index is 13.1. The third-order valence-electron chi connectivity index (χ3n) is 5.63. The van der Waals surface area contributed by atoms with Crippen LogP contribution in [0.4, 0.5) is 0 Å². The average Bonchev–Trinajstić information content (AvgIpc) is 3.24. The number of rotatable bonds is 8. The van der Waals surface area contributed by atoms with Crippen molar-refractivity contribution in [2.75, 3.05) is 33.9 Å². The molecule has 1 saturated heterocycles. The lowest BCUT2D eigenvalue weighted by molar-refractivity contribution is -0.124. The van der Waals surface area contributed by atoms with Gasteiger partial charge >= 0.3 is 0 Å². The number of carbonyl (C=O) groups excluding carboxylic acids is 2. The van der Waals surface area contributed by atoms with Gasteiger partial charge in [0.25, 0.3) is 5.91 Å². The van der Waals surface area contributed by atoms with Gasteiger partial charge in [0.15, 0.2) is 0 Å². The molecule has 2 aromatic rings. The number of hydrogen-bond donors (Lipinski definition) is 1. The number of unbranched alkanes of at least 4 members (excludes halogenated alkanes) is 1. The van der Waals surface area contributed by atoms with Gasteiger partial charge in [-0.25, -0.2) is 0 Å². The van der Waals surface area contributed by atoms with E-state index < -0.39 is 0 Å². The Morgan fingerprint density at radius 3 is 2.43 bits per heavy atom. The highest BCUT2D eigenvalue weighted by molar-refractivity contribution is 5.95. The Kier molecular flexibility index (Phi) is 7.33. The summed E-state index contributed by atoms with van der Waals surface area (Å²) >= 11 is 0. The van der Waals surface area contributed by atoms with Gasteiger partial charge in [0, 0.05) is 31.1 Å². The molecule has 0 radical (unpaired) electrons. The average molecular weight is 411 g/mol. The molecule has 2 aromatic carbocycles. The molecule has 1 aliphatic rings. The van der Waals surface area contributed by atoms with Crippen LogP contribution in [0.2, 0.25) is 0 Å². The SMILES string of the molecule is CCCCNC(=O)C1CN(C(=O)c2ccc(OC)cc2)CC1c1cccc(OC)c1. The third-order valence-corrected chi connectivity index (χ3v) is 5.63. The fraction of sp³-hybridized carbons (Fsp3) is 0.417. The molecule has 1 heterocycles. The van der Waals surface area contributed by atoms with E-state index in [0.717, 1.165) is 24.2 Å². The van der Waals surface area contributed by atoms with Crippen LogP contribution >= 0.6 is 0 Å². The quantitative estimate of drug-likeness (QED) is 0.677. The molecule has 0 aliphatic carbocycles. The minimum Gasteiger partial charge on any atom is -0.497 e. The molecule has 30 heavy (non-hydrogen) atoms. The molecule has 3 rings (SSSR count). The van der Waals surface area contributed by atoms with Crippen molar-refractivity contribution in [1.82, 2.24) is 10.2 Å². The van der Waals surface area contributed by atoms with Crippen molar-refractivity contribution < 1.29 is 19.1 Å². The lowest BCUT2D eigenvalue weighted by Gasteiger charge is -2.18. The monoisotopic (exact) mass is 410 g/mol. The summed E-state index contributed by atoms with van der Waals surface area (Å²) in [6.07, 6.45) is 1.96. The molecule has 1 N–H and O–H groups in total. The second-order valence-electron chi connectivity index (χ2n) is 7.57. The maximum absolute atomic E-state index is 13.1. The Morgan fingerprint density at radius 1 is 1.03 bits per heavy atom. The van der Waals surface area contributed by atoms with Gasteiger partial charge in [0.05, 0.1) is 20.1 Å². The molecule has 6 nitrogen and oxygen atoms in total. The van der Waals surface area contributed by atoms with Crippen LogP contribution in [0, 0.1) is 5.92 Å². The van der Waals surface area contributed by atoms with Crippen molar-refractivity contribution in [2.24, 2.45) is 5.92 Å². The van der Waals surface area contributed by atoms with Crippen LogP contribution in [-0.4, -0.2) is 50.6 Å². The molecule has 0 saturated carbocycles. The first-order chi connectivity index (χ1) is 14.6. The predicted octanol–water partition coefficient (Wildman–Crippen LogP) is 3.48. The number of nitrogens with one attached hydrogen (secondary N) is 1. The fourth-order valence-electron chi connectivity index (χ4n) is 3.88. The van der Waals surface area contributed by atoms with Crippen LogP contribution in [0.5, 0.6) is 11.5 Å². The summed E-state index contributed by atoms with van der Waals surface area (Å²) in [4.78, 5) is 27.8. The van der Waals surface area contributed by atoms with Crippen LogP contribution in [0.25, 0.3) is 0 Å². The normalized spacial score (nSPS) is 18.2. The number of nitrogens with zero attached hydrogens (tertiary/aromatic N) is 1. The van der Waals surface area contributed by atoms with Crippen molar-refractivity contribution in [2.45, 2.75) is 25.7 Å². The van der Waals surface area contributed by atoms with Crippen LogP contribution in [0.15, 0.2) is 48.5 Å². The van der Waals surface area contributed by atoms with Gasteiger partial charge in [-0.1, -0.05) is 25.5 Å². The lowest BCUT2D eigenvalue weighted by atomic mass is 9.88. The van der Waals surface area contributed by atoms with E-state index in [0.29, 0.717) is 30.9 Å². The predicted molar refractivity (Wildman–Crippen MR) is 116 cm³/mol. The van der Waals surface area contributed by atoms with Crippen LogP contribution in [0.1, 0.15) is 41.6 Å². The van der Waals surface area contributed by atoms with Gasteiger partial charge in [-0.3, -0.25) is 9.59 Å². The summed E-state index contributed by atoms with van der Waals surface area (Å²) in [5.74, 6) is 1.00. The summed E-state index contributed by atoms with van der Waals surface area (Å²) in [6, 6.07) is 14.8. The molecular weight excluding hydrogens is 380 g/mol. The summed E-state index contributed by atoms with van der Waals surface area (Å²) in [5, 5.41) is 3.04. The van der Waals surface area contributed by atoms with Crippen molar-refractivity contribution in [3.8, 4) is 11.5 Å². The van der Waals surface area contributed by atoms with Crippen LogP contribution < -0.4 is 14.8 Å². The molecule has 2 atom stereocenters. The minimum atomic E-state index is -0.295. The lowest BCUT2D eigenvalue weighted by Crippen LogP contribution is -2.36. The summed E-state index contributed by atoms with van der Waals surface area (Å²) in [5.41, 5.74) is 1.60. The molecule has 0 bridgehead atoms. The van der Waals surface area contributed by atoms with E-state index >= 15 is 0 Å². The van der Waals surface area contributed by atoms with Gasteiger partial charge in [0.2, 0.25) is 5.91 Å². The van der Waals surface area contributed by atoms with Gasteiger partial charge in [-0.2, -0.15) is 0 Å². The van der Waals surface area contributed by atoms with Crippen LogP contribution in [0.3, 0.4) is 0 Å². The molecular formula is C24H30N2O4. The number of methoxy groups -OCH3 is 2. The number of likely N-dealkylation sites (tertiary alicyclic amines) is 1. The molecule has 160 valence electrons. The molecule has 0 aromatic heterocycles. The highest BCUT2D eigenvalue weighted by Gasteiger charge is 2.40. The van der Waals surface area contributed by atoms with E-state index in [2.05, 4.69) is 12.2 Å². The molecule has 6 heteroatoms. The Labute approximate surface area is 178 Å². The maximum Gasteiger partial charge on any atom is 0.253 e. The standard InChI is InChI=1S/C24H30N2O4/c1-4-5-13-25-23(27)22-16-26(24(28)17-9-11-19(29-2)12-10-17)15-21(22)18-7-6-8-20(14-18)30-3/h6-12,14,21-22H,4-5,13,15-16H2,1-3H3,(H,25,27). The van der Waals surface area contributed by atoms with Gasteiger partial charge in [-0.15, -0.1) is 0 Å². The molecule has 0 spiro atoms. The number of hydrogen-bond acceptors (Lipinski definition) is 4. The zero-order valence-electron chi connectivity index (χ0n) is 17.9. The zero-order chi connectivity index (χ0) is 21.5. The summed E-state index contributed by atoms with van der Waals surface area (Å²) in [7, 11) is 3.22. The van der Waals surface area contributed by atoms with E-state index in [1.165, 1.54) is 0 Å². The highest BCUT2D eigenvalue weighted by atomic mass is 16.5. The molecule has 2 unspecified atom stereocenters. The number of benzene rings is 2. The summed E-state index contributed by atoms with van der Waals surface area (Å²) < 4.78 is 10.5. The van der Waals surface area contributed by atoms with Crippen LogP contribution in [-0.2, 0) is 4.79 Å². The number of ether oxygens (including phenoxy) is 2. The first-order valence-corrected chi connectivity index (χ1v) is 10.4. The second kappa shape index (κ2) is 10.1. The molecule has 1 fully saturated rings. The largest absolute Gasteiger partial charge is 0.497 e. The van der Waals surface area contributed by atoms with Gasteiger partial charge in [0.1, 0.15) is 11.5 Å². The Balaban J connectivity index is 1.82. The first-order valence-electron chi connectivity index (χ1n) is 10.4. The van der Waals surface area contributed by atoms with Crippen molar-refractivity contribution in [1.29, 1.82) is 0 Å². The molecule has 1 aliphatic heterocycles.